The normalized spacial score (nSPS) is 11.8. The average molecular weight is 665 g/mol. The Balaban J connectivity index is 2.58. The van der Waals surface area contributed by atoms with E-state index in [1.54, 1.807) is 0 Å². The van der Waals surface area contributed by atoms with Crippen molar-refractivity contribution >= 4 is 55.5 Å². The van der Waals surface area contributed by atoms with Crippen LogP contribution in [0, 0.1) is 0 Å². The third kappa shape index (κ3) is 7.37. The van der Waals surface area contributed by atoms with Gasteiger partial charge in [0.1, 0.15) is 0 Å². The first-order chi connectivity index (χ1) is 16.1. The fourth-order valence-corrected chi connectivity index (χ4v) is 14.9. The van der Waals surface area contributed by atoms with Gasteiger partial charge in [0.05, 0.1) is 0 Å². The van der Waals surface area contributed by atoms with Crippen molar-refractivity contribution in [1.82, 2.24) is 0 Å². The van der Waals surface area contributed by atoms with Gasteiger partial charge in [0.2, 0.25) is 0 Å². The molecular formula is C25H31NO7Pb. The molecule has 2 aromatic carbocycles. The van der Waals surface area contributed by atoms with Gasteiger partial charge in [-0.25, -0.2) is 0 Å². The van der Waals surface area contributed by atoms with Crippen molar-refractivity contribution in [2.45, 2.75) is 59.9 Å². The molecule has 0 fully saturated rings. The number of carbonyl (C=O) groups is 4. The molecule has 8 nitrogen and oxygen atoms in total. The summed E-state index contributed by atoms with van der Waals surface area (Å²) in [6.45, 7) is 7.36. The fourth-order valence-electron chi connectivity index (χ4n) is 3.80. The van der Waals surface area contributed by atoms with Crippen molar-refractivity contribution in [2.24, 2.45) is 0 Å². The van der Waals surface area contributed by atoms with Crippen LogP contribution in [0.1, 0.15) is 51.3 Å². The number of carbonyl (C=O) groups excluding carboxylic acids is 4. The Labute approximate surface area is 206 Å². The molecule has 2 rings (SSSR count). The number of rotatable bonds is 11. The van der Waals surface area contributed by atoms with Crippen LogP contribution in [0.3, 0.4) is 0 Å². The SMILES string of the molecule is CCc1cc(N[C@H](C=O)Cc2ccccc2)cc(CC)[c]1[Pb]([O]C(C)=O)([O]C(C)=O)[O]C(C)=O. The topological polar surface area (TPSA) is 108 Å². The Hall–Kier alpha value is -2.76. The van der Waals surface area contributed by atoms with Gasteiger partial charge >= 0.3 is 207 Å². The average Bonchev–Trinajstić information content (AvgIpc) is 2.77. The molecule has 0 aromatic heterocycles. The third-order valence-corrected chi connectivity index (χ3v) is 16.4. The number of hydrogen-bond acceptors (Lipinski definition) is 8. The van der Waals surface area contributed by atoms with Crippen LogP contribution in [-0.4, -0.2) is 52.8 Å². The van der Waals surface area contributed by atoms with Crippen molar-refractivity contribution in [3.63, 3.8) is 0 Å². The molecule has 2 aromatic rings. The molecule has 0 aliphatic carbocycles. The summed E-state index contributed by atoms with van der Waals surface area (Å²) in [5.74, 6) is -2.09. The van der Waals surface area contributed by atoms with Gasteiger partial charge in [0, 0.05) is 0 Å². The van der Waals surface area contributed by atoms with E-state index in [4.69, 9.17) is 8.06 Å². The molecular weight excluding hydrogens is 633 g/mol. The van der Waals surface area contributed by atoms with Gasteiger partial charge in [0.25, 0.3) is 0 Å². The van der Waals surface area contributed by atoms with Crippen molar-refractivity contribution in [2.75, 3.05) is 5.32 Å². The summed E-state index contributed by atoms with van der Waals surface area (Å²) >= 11 is -5.42. The van der Waals surface area contributed by atoms with Crippen molar-refractivity contribution in [3.8, 4) is 0 Å². The maximum atomic E-state index is 12.0. The molecule has 0 unspecified atom stereocenters. The number of anilines is 1. The Morgan fingerprint density at radius 1 is 0.882 bits per heavy atom. The van der Waals surface area contributed by atoms with E-state index < -0.39 is 46.5 Å². The molecule has 1 N–H and O–H groups in total. The molecule has 0 heterocycles. The summed E-state index contributed by atoms with van der Waals surface area (Å²) in [4.78, 5) is 47.8. The second kappa shape index (κ2) is 12.6. The molecule has 0 spiro atoms. The monoisotopic (exact) mass is 665 g/mol. The van der Waals surface area contributed by atoms with Crippen LogP contribution in [-0.2, 0) is 46.5 Å². The molecule has 34 heavy (non-hydrogen) atoms. The quantitative estimate of drug-likeness (QED) is 0.289. The zero-order valence-corrected chi connectivity index (χ0v) is 24.1. The maximum absolute atomic E-state index is 12.0. The van der Waals surface area contributed by atoms with Crippen LogP contribution in [0.2, 0.25) is 0 Å². The summed E-state index contributed by atoms with van der Waals surface area (Å²) in [5, 5.41) is 3.26. The number of aryl methyl sites for hydroxylation is 2. The van der Waals surface area contributed by atoms with Crippen LogP contribution < -0.4 is 8.44 Å². The zero-order chi connectivity index (χ0) is 25.3. The molecule has 9 heteroatoms. The first kappa shape index (κ1) is 27.5. The van der Waals surface area contributed by atoms with E-state index in [1.807, 2.05) is 56.3 Å². The van der Waals surface area contributed by atoms with Gasteiger partial charge in [-0.15, -0.1) is 0 Å². The van der Waals surface area contributed by atoms with Crippen LogP contribution in [0.4, 0.5) is 5.69 Å². The van der Waals surface area contributed by atoms with E-state index in [2.05, 4.69) is 5.32 Å². The summed E-state index contributed by atoms with van der Waals surface area (Å²) in [7, 11) is 0. The van der Waals surface area contributed by atoms with Gasteiger partial charge in [-0.1, -0.05) is 0 Å². The van der Waals surface area contributed by atoms with E-state index in [0.717, 1.165) is 23.0 Å². The molecule has 0 saturated carbocycles. The van der Waals surface area contributed by atoms with Crippen molar-refractivity contribution in [3.05, 3.63) is 59.2 Å². The minimum atomic E-state index is -5.42. The van der Waals surface area contributed by atoms with Gasteiger partial charge in [-0.3, -0.25) is 0 Å². The van der Waals surface area contributed by atoms with Crippen molar-refractivity contribution < 1.29 is 27.2 Å². The summed E-state index contributed by atoms with van der Waals surface area (Å²) in [6.07, 6.45) is 2.36. The van der Waals surface area contributed by atoms with Crippen LogP contribution in [0.15, 0.2) is 42.5 Å². The summed E-state index contributed by atoms with van der Waals surface area (Å²) in [5.41, 5.74) is 3.15. The van der Waals surface area contributed by atoms with Gasteiger partial charge in [-0.05, 0) is 0 Å². The molecule has 182 valence electrons. The second-order valence-electron chi connectivity index (χ2n) is 7.79. The minimum absolute atomic E-state index is 0.465. The molecule has 0 radical (unpaired) electrons. The Morgan fingerprint density at radius 2 is 1.35 bits per heavy atom. The standard InChI is InChI=1S/C19H22NO.3C2H4O2.Pb/c1-3-15-10-16(4-2)12-18(11-15)20-19(14-21)13-17-8-6-5-7-9-17;3*1-2(3)4;/h5-9,11-12,14,19-20H,3-4,13H2,1-2H3;3*1H3,(H,3,4);/q;;;;+3/p-3/t19-;;;;/m0..../s1. The molecule has 0 aliphatic rings. The number of hydrogen-bond donors (Lipinski definition) is 1. The van der Waals surface area contributed by atoms with Gasteiger partial charge in [0.15, 0.2) is 0 Å². The van der Waals surface area contributed by atoms with E-state index in [1.165, 1.54) is 20.8 Å². The van der Waals surface area contributed by atoms with Gasteiger partial charge < -0.3 is 0 Å². The Morgan fingerprint density at radius 3 is 1.74 bits per heavy atom. The Bertz CT molecular complexity index is 973. The van der Waals surface area contributed by atoms with E-state index in [0.29, 0.717) is 28.1 Å². The number of benzene rings is 2. The predicted molar refractivity (Wildman–Crippen MR) is 130 cm³/mol. The third-order valence-electron chi connectivity index (χ3n) is 5.02. The molecule has 0 aliphatic heterocycles. The van der Waals surface area contributed by atoms with Gasteiger partial charge in [-0.2, -0.15) is 0 Å². The second-order valence-corrected chi connectivity index (χ2v) is 16.4. The number of nitrogens with one attached hydrogen (secondary N) is 1. The predicted octanol–water partition coefficient (Wildman–Crippen LogP) is 2.87. The van der Waals surface area contributed by atoms with E-state index >= 15 is 0 Å². The fraction of sp³-hybridized carbons (Fsp3) is 0.360. The van der Waals surface area contributed by atoms with E-state index in [-0.39, 0.29) is 0 Å². The molecule has 1 atom stereocenters. The first-order valence-corrected chi connectivity index (χ1v) is 17.8. The van der Waals surface area contributed by atoms with Crippen molar-refractivity contribution in [1.29, 1.82) is 0 Å². The number of aldehydes is 1. The summed E-state index contributed by atoms with van der Waals surface area (Å²) < 4.78 is 17.2. The Kier molecular flexibility index (Phi) is 10.2. The van der Waals surface area contributed by atoms with E-state index in [9.17, 15) is 19.2 Å². The van der Waals surface area contributed by atoms with Crippen LogP contribution in [0.25, 0.3) is 0 Å². The van der Waals surface area contributed by atoms with Crippen LogP contribution >= 0.6 is 0 Å². The van der Waals surface area contributed by atoms with Crippen LogP contribution in [0.5, 0.6) is 0 Å². The summed E-state index contributed by atoms with van der Waals surface area (Å²) in [6, 6.07) is 12.8. The molecule has 0 bridgehead atoms. The molecule has 0 saturated heterocycles. The zero-order valence-electron chi connectivity index (χ0n) is 20.2. The molecule has 0 amide bonds. The first-order valence-electron chi connectivity index (χ1n) is 11.1.